The number of carbonyl (C=O) groups is 1. The molecular formula is C25H28N4OS. The highest BCUT2D eigenvalue weighted by molar-refractivity contribution is 7.13. The molecule has 6 heteroatoms. The van der Waals surface area contributed by atoms with E-state index in [-0.39, 0.29) is 16.9 Å². The number of anilines is 1. The van der Waals surface area contributed by atoms with Gasteiger partial charge in [0.05, 0.1) is 0 Å². The van der Waals surface area contributed by atoms with Gasteiger partial charge in [-0.05, 0) is 62.9 Å². The molecule has 1 aliphatic heterocycles. The molecule has 1 aliphatic carbocycles. The zero-order valence-corrected chi connectivity index (χ0v) is 18.9. The molecule has 2 fully saturated rings. The van der Waals surface area contributed by atoms with Crippen molar-refractivity contribution in [1.29, 1.82) is 0 Å². The Kier molecular flexibility index (Phi) is 5.15. The fourth-order valence-corrected chi connectivity index (χ4v) is 6.21. The van der Waals surface area contributed by atoms with E-state index in [1.165, 1.54) is 5.56 Å². The number of hydrogen-bond donors (Lipinski definition) is 0. The van der Waals surface area contributed by atoms with Crippen molar-refractivity contribution in [2.45, 2.75) is 37.6 Å². The van der Waals surface area contributed by atoms with E-state index in [1.807, 2.05) is 22.4 Å². The molecule has 1 saturated heterocycles. The second kappa shape index (κ2) is 7.84. The van der Waals surface area contributed by atoms with Crippen LogP contribution < -0.4 is 4.90 Å². The summed E-state index contributed by atoms with van der Waals surface area (Å²) in [5.41, 5.74) is 2.55. The van der Waals surface area contributed by atoms with Crippen molar-refractivity contribution >= 4 is 23.1 Å². The SMILES string of the molecule is CN(C)[C@]1(c2ccccc2)CC[C@]2(CC1)CC(=O)N(c1csc(-c3ccncc3)n1)C2. The van der Waals surface area contributed by atoms with Gasteiger partial charge >= 0.3 is 0 Å². The number of thiazole rings is 1. The summed E-state index contributed by atoms with van der Waals surface area (Å²) < 4.78 is 0. The van der Waals surface area contributed by atoms with Gasteiger partial charge in [-0.15, -0.1) is 11.3 Å². The Morgan fingerprint density at radius 3 is 2.39 bits per heavy atom. The van der Waals surface area contributed by atoms with E-state index in [1.54, 1.807) is 23.7 Å². The molecular weight excluding hydrogens is 404 g/mol. The fraction of sp³-hybridized carbons (Fsp3) is 0.400. The molecule has 1 aromatic carbocycles. The van der Waals surface area contributed by atoms with E-state index in [4.69, 9.17) is 4.98 Å². The van der Waals surface area contributed by atoms with E-state index in [2.05, 4.69) is 54.3 Å². The van der Waals surface area contributed by atoms with Crippen molar-refractivity contribution < 1.29 is 4.79 Å². The monoisotopic (exact) mass is 432 g/mol. The summed E-state index contributed by atoms with van der Waals surface area (Å²) in [7, 11) is 4.38. The normalized spacial score (nSPS) is 26.2. The molecule has 3 aromatic rings. The fourth-order valence-electron chi connectivity index (χ4n) is 5.39. The zero-order chi connectivity index (χ0) is 21.5. The maximum absolute atomic E-state index is 13.0. The minimum atomic E-state index is 0.0537. The lowest BCUT2D eigenvalue weighted by atomic mass is 9.64. The maximum atomic E-state index is 13.0. The summed E-state index contributed by atoms with van der Waals surface area (Å²) in [6, 6.07) is 14.8. The molecule has 31 heavy (non-hydrogen) atoms. The van der Waals surface area contributed by atoms with Gasteiger partial charge in [-0.1, -0.05) is 30.3 Å². The third kappa shape index (κ3) is 3.58. The van der Waals surface area contributed by atoms with Crippen LogP contribution in [0.3, 0.4) is 0 Å². The van der Waals surface area contributed by atoms with Crippen LogP contribution in [0.1, 0.15) is 37.7 Å². The van der Waals surface area contributed by atoms with Crippen molar-refractivity contribution in [3.63, 3.8) is 0 Å². The molecule has 2 aliphatic rings. The second-order valence-corrected chi connectivity index (χ2v) is 10.1. The number of benzene rings is 1. The first-order valence-electron chi connectivity index (χ1n) is 10.9. The third-order valence-corrected chi connectivity index (χ3v) is 8.20. The molecule has 2 aromatic heterocycles. The third-order valence-electron chi connectivity index (χ3n) is 7.32. The van der Waals surface area contributed by atoms with E-state index in [0.29, 0.717) is 6.42 Å². The summed E-state index contributed by atoms with van der Waals surface area (Å²) in [5, 5.41) is 2.95. The maximum Gasteiger partial charge on any atom is 0.228 e. The van der Waals surface area contributed by atoms with Crippen LogP contribution in [0.2, 0.25) is 0 Å². The van der Waals surface area contributed by atoms with Gasteiger partial charge in [0.2, 0.25) is 5.91 Å². The summed E-state index contributed by atoms with van der Waals surface area (Å²) in [5.74, 6) is 1.01. The number of rotatable bonds is 4. The summed E-state index contributed by atoms with van der Waals surface area (Å²) in [6.45, 7) is 0.781. The minimum absolute atomic E-state index is 0.0537. The summed E-state index contributed by atoms with van der Waals surface area (Å²) in [4.78, 5) is 26.2. The molecule has 1 spiro atoms. The Hall–Kier alpha value is -2.57. The topological polar surface area (TPSA) is 49.3 Å². The number of nitrogens with zero attached hydrogens (tertiary/aromatic N) is 4. The molecule has 5 rings (SSSR count). The molecule has 0 N–H and O–H groups in total. The number of amides is 1. The highest BCUT2D eigenvalue weighted by atomic mass is 32.1. The number of aromatic nitrogens is 2. The van der Waals surface area contributed by atoms with E-state index in [0.717, 1.165) is 48.6 Å². The van der Waals surface area contributed by atoms with E-state index < -0.39 is 0 Å². The smallest absolute Gasteiger partial charge is 0.228 e. The Labute approximate surface area is 187 Å². The van der Waals surface area contributed by atoms with Crippen LogP contribution in [0, 0.1) is 5.41 Å². The highest BCUT2D eigenvalue weighted by Crippen LogP contribution is 2.52. The Morgan fingerprint density at radius 2 is 1.71 bits per heavy atom. The van der Waals surface area contributed by atoms with Gasteiger partial charge in [-0.25, -0.2) is 4.98 Å². The number of carbonyl (C=O) groups excluding carboxylic acids is 1. The molecule has 1 amide bonds. The quantitative estimate of drug-likeness (QED) is 0.585. The van der Waals surface area contributed by atoms with Crippen molar-refractivity contribution in [3.05, 3.63) is 65.8 Å². The molecule has 1 saturated carbocycles. The molecule has 0 radical (unpaired) electrons. The Bertz CT molecular complexity index is 1060. The van der Waals surface area contributed by atoms with Gasteiger partial charge in [0, 0.05) is 41.8 Å². The predicted octanol–water partition coefficient (Wildman–Crippen LogP) is 4.96. The molecule has 3 heterocycles. The number of hydrogen-bond acceptors (Lipinski definition) is 5. The van der Waals surface area contributed by atoms with Crippen molar-refractivity contribution in [3.8, 4) is 10.6 Å². The van der Waals surface area contributed by atoms with Crippen molar-refractivity contribution in [2.75, 3.05) is 25.5 Å². The lowest BCUT2D eigenvalue weighted by molar-refractivity contribution is -0.118. The van der Waals surface area contributed by atoms with Gasteiger partial charge in [0.15, 0.2) is 0 Å². The number of pyridine rings is 1. The Balaban J connectivity index is 1.34. The van der Waals surface area contributed by atoms with Crippen LogP contribution >= 0.6 is 11.3 Å². The highest BCUT2D eigenvalue weighted by Gasteiger charge is 2.50. The average Bonchev–Trinajstić information content (AvgIpc) is 3.40. The van der Waals surface area contributed by atoms with Crippen LogP contribution in [0.4, 0.5) is 5.82 Å². The molecule has 0 unspecified atom stereocenters. The van der Waals surface area contributed by atoms with Crippen molar-refractivity contribution in [2.24, 2.45) is 5.41 Å². The van der Waals surface area contributed by atoms with E-state index >= 15 is 0 Å². The first-order chi connectivity index (χ1) is 15.0. The largest absolute Gasteiger partial charge is 0.300 e. The zero-order valence-electron chi connectivity index (χ0n) is 18.1. The first-order valence-corrected chi connectivity index (χ1v) is 11.8. The van der Waals surface area contributed by atoms with Crippen LogP contribution in [-0.2, 0) is 10.3 Å². The summed E-state index contributed by atoms with van der Waals surface area (Å²) in [6.07, 6.45) is 8.45. The lowest BCUT2D eigenvalue weighted by Gasteiger charge is -2.48. The average molecular weight is 433 g/mol. The predicted molar refractivity (Wildman–Crippen MR) is 125 cm³/mol. The molecule has 0 atom stereocenters. The van der Waals surface area contributed by atoms with Gasteiger partial charge in [-0.2, -0.15) is 0 Å². The van der Waals surface area contributed by atoms with Crippen LogP contribution in [0.25, 0.3) is 10.6 Å². The van der Waals surface area contributed by atoms with E-state index in [9.17, 15) is 4.79 Å². The standard InChI is InChI=1S/C25H28N4OS/c1-28(2)25(20-6-4-3-5-7-20)12-10-24(11-13-25)16-22(30)29(18-24)21-17-31-23(27-21)19-8-14-26-15-9-19/h3-9,14-15,17H,10-13,16,18H2,1-2H3/t24-,25+. The van der Waals surface area contributed by atoms with Gasteiger partial charge in [0.25, 0.3) is 0 Å². The van der Waals surface area contributed by atoms with Crippen LogP contribution in [-0.4, -0.2) is 41.4 Å². The minimum Gasteiger partial charge on any atom is -0.300 e. The van der Waals surface area contributed by atoms with Crippen molar-refractivity contribution in [1.82, 2.24) is 14.9 Å². The van der Waals surface area contributed by atoms with Gasteiger partial charge in [0.1, 0.15) is 10.8 Å². The Morgan fingerprint density at radius 1 is 1.00 bits per heavy atom. The summed E-state index contributed by atoms with van der Waals surface area (Å²) >= 11 is 1.59. The lowest BCUT2D eigenvalue weighted by Crippen LogP contribution is -2.47. The van der Waals surface area contributed by atoms with Crippen LogP contribution in [0.15, 0.2) is 60.2 Å². The first kappa shape index (κ1) is 20.3. The van der Waals surface area contributed by atoms with Gasteiger partial charge in [-0.3, -0.25) is 19.6 Å². The molecule has 160 valence electrons. The van der Waals surface area contributed by atoms with Gasteiger partial charge < -0.3 is 0 Å². The van der Waals surface area contributed by atoms with Crippen LogP contribution in [0.5, 0.6) is 0 Å². The molecule has 0 bridgehead atoms. The second-order valence-electron chi connectivity index (χ2n) is 9.20. The molecule has 5 nitrogen and oxygen atoms in total.